The molecule has 0 spiro atoms. The lowest BCUT2D eigenvalue weighted by atomic mass is 9.88. The van der Waals surface area contributed by atoms with Gasteiger partial charge in [-0.1, -0.05) is 31.4 Å². The van der Waals surface area contributed by atoms with E-state index in [9.17, 15) is 18.0 Å². The number of rotatable bonds is 6. The number of nitrogens with zero attached hydrogens (tertiary/aromatic N) is 3. The van der Waals surface area contributed by atoms with Gasteiger partial charge in [0.05, 0.1) is 30.2 Å². The summed E-state index contributed by atoms with van der Waals surface area (Å²) in [4.78, 5) is 16.1. The van der Waals surface area contributed by atoms with Gasteiger partial charge in [-0.05, 0) is 30.9 Å². The standard InChI is InChI=1S/C19H22ClF3N4O2/c1-12-4-2-3-5-15(12)29-9-8-24-14-11-26-27(18(28)17(14)20)16-7-6-13(10-25-16)19(21,22)23/h6-7,10-12,15,24H,2-5,8-9H2,1H3. The number of anilines is 1. The summed E-state index contributed by atoms with van der Waals surface area (Å²) in [5.74, 6) is 0.486. The summed E-state index contributed by atoms with van der Waals surface area (Å²) >= 11 is 6.12. The molecule has 6 nitrogen and oxygen atoms in total. The minimum absolute atomic E-state index is 0.0499. The highest BCUT2D eigenvalue weighted by Crippen LogP contribution is 2.29. The average molecular weight is 431 g/mol. The molecule has 0 bridgehead atoms. The second kappa shape index (κ2) is 9.13. The molecule has 0 amide bonds. The summed E-state index contributed by atoms with van der Waals surface area (Å²) in [6.45, 7) is 3.11. The van der Waals surface area contributed by atoms with Gasteiger partial charge >= 0.3 is 6.18 Å². The first-order valence-corrected chi connectivity index (χ1v) is 9.82. The average Bonchev–Trinajstić information content (AvgIpc) is 2.69. The molecule has 1 aliphatic rings. The Balaban J connectivity index is 1.62. The first-order chi connectivity index (χ1) is 13.8. The Hall–Kier alpha value is -2.13. The van der Waals surface area contributed by atoms with Gasteiger partial charge in [-0.2, -0.15) is 23.0 Å². The quantitative estimate of drug-likeness (QED) is 0.692. The summed E-state index contributed by atoms with van der Waals surface area (Å²) in [5, 5.41) is 6.85. The fourth-order valence-electron chi connectivity index (χ4n) is 3.32. The molecule has 2 aromatic heterocycles. The van der Waals surface area contributed by atoms with Crippen LogP contribution < -0.4 is 10.9 Å². The molecule has 10 heteroatoms. The van der Waals surface area contributed by atoms with E-state index in [0.717, 1.165) is 23.2 Å². The van der Waals surface area contributed by atoms with Crippen LogP contribution in [-0.4, -0.2) is 34.0 Å². The number of alkyl halides is 3. The van der Waals surface area contributed by atoms with Crippen LogP contribution in [0.4, 0.5) is 18.9 Å². The molecule has 2 aromatic rings. The van der Waals surface area contributed by atoms with E-state index in [1.54, 1.807) is 0 Å². The van der Waals surface area contributed by atoms with Crippen LogP contribution >= 0.6 is 11.6 Å². The third kappa shape index (κ3) is 5.27. The molecule has 2 unspecified atom stereocenters. The fourth-order valence-corrected chi connectivity index (χ4v) is 3.52. The largest absolute Gasteiger partial charge is 0.417 e. The molecule has 1 saturated carbocycles. The van der Waals surface area contributed by atoms with Crippen LogP contribution in [0.1, 0.15) is 38.2 Å². The number of halogens is 4. The lowest BCUT2D eigenvalue weighted by molar-refractivity contribution is -0.137. The Morgan fingerprint density at radius 3 is 2.69 bits per heavy atom. The molecule has 1 aliphatic carbocycles. The zero-order chi connectivity index (χ0) is 21.0. The smallest absolute Gasteiger partial charge is 0.380 e. The van der Waals surface area contributed by atoms with Crippen molar-refractivity contribution in [2.24, 2.45) is 5.92 Å². The highest BCUT2D eigenvalue weighted by atomic mass is 35.5. The van der Waals surface area contributed by atoms with Gasteiger partial charge in [0.2, 0.25) is 0 Å². The molecule has 0 saturated heterocycles. The molecule has 1 N–H and O–H groups in total. The van der Waals surface area contributed by atoms with Crippen molar-refractivity contribution < 1.29 is 17.9 Å². The van der Waals surface area contributed by atoms with Crippen molar-refractivity contribution in [3.8, 4) is 5.82 Å². The second-order valence-corrected chi connectivity index (χ2v) is 7.47. The summed E-state index contributed by atoms with van der Waals surface area (Å²) < 4.78 is 44.7. The maximum Gasteiger partial charge on any atom is 0.417 e. The Morgan fingerprint density at radius 1 is 1.28 bits per heavy atom. The van der Waals surface area contributed by atoms with Crippen LogP contribution in [0.5, 0.6) is 0 Å². The third-order valence-electron chi connectivity index (χ3n) is 4.99. The van der Waals surface area contributed by atoms with E-state index >= 15 is 0 Å². The van der Waals surface area contributed by atoms with Gasteiger partial charge in [0, 0.05) is 12.7 Å². The minimum atomic E-state index is -4.51. The van der Waals surface area contributed by atoms with Gasteiger partial charge in [-0.25, -0.2) is 4.98 Å². The first-order valence-electron chi connectivity index (χ1n) is 9.44. The number of pyridine rings is 1. The molecular formula is C19H22ClF3N4O2. The van der Waals surface area contributed by atoms with Crippen molar-refractivity contribution in [1.29, 1.82) is 0 Å². The normalized spacial score (nSPS) is 19.9. The molecular weight excluding hydrogens is 409 g/mol. The Kier molecular flexibility index (Phi) is 6.79. The van der Waals surface area contributed by atoms with Gasteiger partial charge in [-0.3, -0.25) is 4.79 Å². The number of aromatic nitrogens is 3. The number of ether oxygens (including phenoxy) is 1. The first kappa shape index (κ1) is 21.6. The molecule has 3 rings (SSSR count). The van der Waals surface area contributed by atoms with E-state index in [-0.39, 0.29) is 16.9 Å². The SMILES string of the molecule is CC1CCCCC1OCCNc1cnn(-c2ccc(C(F)(F)F)cn2)c(=O)c1Cl. The predicted octanol–water partition coefficient (Wildman–Crippen LogP) is 4.31. The van der Waals surface area contributed by atoms with E-state index < -0.39 is 17.3 Å². The van der Waals surface area contributed by atoms with Gasteiger partial charge in [-0.15, -0.1) is 0 Å². The topological polar surface area (TPSA) is 69.0 Å². The van der Waals surface area contributed by atoms with Crippen molar-refractivity contribution in [2.45, 2.75) is 44.9 Å². The lowest BCUT2D eigenvalue weighted by Gasteiger charge is -2.28. The molecule has 29 heavy (non-hydrogen) atoms. The van der Waals surface area contributed by atoms with Crippen molar-refractivity contribution in [3.05, 3.63) is 45.5 Å². The van der Waals surface area contributed by atoms with E-state index in [2.05, 4.69) is 22.3 Å². The van der Waals surface area contributed by atoms with Crippen molar-refractivity contribution in [1.82, 2.24) is 14.8 Å². The lowest BCUT2D eigenvalue weighted by Crippen LogP contribution is -2.28. The molecule has 0 radical (unpaired) electrons. The van der Waals surface area contributed by atoms with Gasteiger partial charge in [0.25, 0.3) is 5.56 Å². The summed E-state index contributed by atoms with van der Waals surface area (Å²) in [7, 11) is 0. The van der Waals surface area contributed by atoms with Crippen molar-refractivity contribution in [3.63, 3.8) is 0 Å². The molecule has 158 valence electrons. The van der Waals surface area contributed by atoms with Gasteiger partial charge in [0.1, 0.15) is 5.02 Å². The Bertz CT molecular complexity index is 887. The maximum atomic E-state index is 12.6. The maximum absolute atomic E-state index is 12.6. The zero-order valence-electron chi connectivity index (χ0n) is 15.9. The highest BCUT2D eigenvalue weighted by molar-refractivity contribution is 6.32. The monoisotopic (exact) mass is 430 g/mol. The molecule has 0 aliphatic heterocycles. The predicted molar refractivity (Wildman–Crippen MR) is 104 cm³/mol. The van der Waals surface area contributed by atoms with Crippen LogP contribution in [0.2, 0.25) is 5.02 Å². The van der Waals surface area contributed by atoms with E-state index in [1.165, 1.54) is 25.5 Å². The van der Waals surface area contributed by atoms with Crippen LogP contribution in [0.25, 0.3) is 5.82 Å². The zero-order valence-corrected chi connectivity index (χ0v) is 16.6. The van der Waals surface area contributed by atoms with E-state index in [4.69, 9.17) is 16.3 Å². The molecule has 2 heterocycles. The van der Waals surface area contributed by atoms with Crippen molar-refractivity contribution >= 4 is 17.3 Å². The summed E-state index contributed by atoms with van der Waals surface area (Å²) in [6, 6.07) is 1.90. The number of nitrogens with one attached hydrogen (secondary N) is 1. The molecule has 0 aromatic carbocycles. The number of hydrogen-bond acceptors (Lipinski definition) is 5. The summed E-state index contributed by atoms with van der Waals surface area (Å²) in [6.07, 6.45) is 2.37. The second-order valence-electron chi connectivity index (χ2n) is 7.09. The van der Waals surface area contributed by atoms with Crippen LogP contribution in [0.15, 0.2) is 29.3 Å². The summed E-state index contributed by atoms with van der Waals surface area (Å²) in [5.41, 5.74) is -1.25. The Labute approximate surface area is 171 Å². The van der Waals surface area contributed by atoms with E-state index in [0.29, 0.717) is 31.0 Å². The minimum Gasteiger partial charge on any atom is -0.380 e. The van der Waals surface area contributed by atoms with Gasteiger partial charge < -0.3 is 10.1 Å². The van der Waals surface area contributed by atoms with Crippen molar-refractivity contribution in [2.75, 3.05) is 18.5 Å². The molecule has 2 atom stereocenters. The van der Waals surface area contributed by atoms with Crippen LogP contribution in [0.3, 0.4) is 0 Å². The Morgan fingerprint density at radius 2 is 2.03 bits per heavy atom. The number of hydrogen-bond donors (Lipinski definition) is 1. The highest BCUT2D eigenvalue weighted by Gasteiger charge is 2.30. The van der Waals surface area contributed by atoms with E-state index in [1.807, 2.05) is 0 Å². The third-order valence-corrected chi connectivity index (χ3v) is 5.36. The fraction of sp³-hybridized carbons (Fsp3) is 0.526. The molecule has 1 fully saturated rings. The van der Waals surface area contributed by atoms with Crippen LogP contribution in [0, 0.1) is 5.92 Å². The van der Waals surface area contributed by atoms with Crippen LogP contribution in [-0.2, 0) is 10.9 Å². The van der Waals surface area contributed by atoms with Gasteiger partial charge in [0.15, 0.2) is 5.82 Å².